The van der Waals surface area contributed by atoms with E-state index in [1.807, 2.05) is 12.1 Å². The Morgan fingerprint density at radius 2 is 1.62 bits per heavy atom. The smallest absolute Gasteiger partial charge is 0.339 e. The quantitative estimate of drug-likeness (QED) is 0.728. The second-order valence-electron chi connectivity index (χ2n) is 7.65. The van der Waals surface area contributed by atoms with Gasteiger partial charge in [-0.3, -0.25) is 9.10 Å². The Labute approximate surface area is 171 Å². The van der Waals surface area contributed by atoms with Gasteiger partial charge in [-0.15, -0.1) is 0 Å². The molecule has 0 aliphatic carbocycles. The molecule has 0 fully saturated rings. The molecule has 1 N–H and O–H groups in total. The Kier molecular flexibility index (Phi) is 6.69. The molecular formula is C21H26N2O5S. The highest BCUT2D eigenvalue weighted by molar-refractivity contribution is 7.92. The fraction of sp³-hybridized carbons (Fsp3) is 0.333. The molecule has 0 spiro atoms. The molecule has 2 aromatic carbocycles. The molecule has 0 aromatic heterocycles. The predicted molar refractivity (Wildman–Crippen MR) is 114 cm³/mol. The highest BCUT2D eigenvalue weighted by Crippen LogP contribution is 2.26. The second kappa shape index (κ2) is 8.65. The van der Waals surface area contributed by atoms with E-state index in [1.54, 1.807) is 30.3 Å². The van der Waals surface area contributed by atoms with Crippen molar-refractivity contribution in [2.75, 3.05) is 29.5 Å². The summed E-state index contributed by atoms with van der Waals surface area (Å²) in [6.45, 7) is 5.75. The van der Waals surface area contributed by atoms with Crippen LogP contribution in [0.15, 0.2) is 48.5 Å². The third kappa shape index (κ3) is 5.80. The molecule has 2 aromatic rings. The summed E-state index contributed by atoms with van der Waals surface area (Å²) >= 11 is 0. The summed E-state index contributed by atoms with van der Waals surface area (Å²) in [6, 6.07) is 13.4. The number of hydrogen-bond acceptors (Lipinski definition) is 5. The van der Waals surface area contributed by atoms with Crippen LogP contribution in [-0.2, 0) is 25.0 Å². The Balaban J connectivity index is 2.26. The fourth-order valence-corrected chi connectivity index (χ4v) is 3.58. The number of amides is 1. The topological polar surface area (TPSA) is 92.8 Å². The number of para-hydroxylation sites is 1. The van der Waals surface area contributed by atoms with Crippen molar-refractivity contribution in [3.63, 3.8) is 0 Å². The lowest BCUT2D eigenvalue weighted by Gasteiger charge is -2.24. The van der Waals surface area contributed by atoms with Gasteiger partial charge in [0.15, 0.2) is 0 Å². The fourth-order valence-electron chi connectivity index (χ4n) is 2.73. The normalized spacial score (nSPS) is 11.6. The number of carbonyl (C=O) groups excluding carboxylic acids is 2. The number of benzene rings is 2. The van der Waals surface area contributed by atoms with Crippen molar-refractivity contribution in [1.29, 1.82) is 0 Å². The lowest BCUT2D eigenvalue weighted by molar-refractivity contribution is -0.114. The van der Waals surface area contributed by atoms with Crippen LogP contribution < -0.4 is 9.62 Å². The Morgan fingerprint density at radius 3 is 2.14 bits per heavy atom. The van der Waals surface area contributed by atoms with Crippen molar-refractivity contribution in [2.45, 2.75) is 26.2 Å². The van der Waals surface area contributed by atoms with Crippen molar-refractivity contribution >= 4 is 33.3 Å². The number of rotatable bonds is 6. The van der Waals surface area contributed by atoms with Gasteiger partial charge in [0.1, 0.15) is 6.54 Å². The maximum absolute atomic E-state index is 12.6. The van der Waals surface area contributed by atoms with Crippen LogP contribution in [-0.4, -0.2) is 40.2 Å². The maximum atomic E-state index is 12.6. The number of methoxy groups -OCH3 is 1. The minimum absolute atomic E-state index is 0.0799. The van der Waals surface area contributed by atoms with E-state index in [0.717, 1.165) is 16.1 Å². The van der Waals surface area contributed by atoms with Gasteiger partial charge in [-0.25, -0.2) is 13.2 Å². The summed E-state index contributed by atoms with van der Waals surface area (Å²) in [7, 11) is -2.46. The number of anilines is 2. The van der Waals surface area contributed by atoms with E-state index >= 15 is 0 Å². The molecule has 0 aliphatic heterocycles. The number of ether oxygens (including phenoxy) is 1. The number of esters is 1. The monoisotopic (exact) mass is 418 g/mol. The van der Waals surface area contributed by atoms with Crippen LogP contribution in [0.2, 0.25) is 0 Å². The third-order valence-electron chi connectivity index (χ3n) is 4.32. The number of sulfonamides is 1. The largest absolute Gasteiger partial charge is 0.465 e. The number of carbonyl (C=O) groups is 2. The van der Waals surface area contributed by atoms with Crippen molar-refractivity contribution in [3.05, 3.63) is 59.7 Å². The van der Waals surface area contributed by atoms with E-state index in [-0.39, 0.29) is 16.7 Å². The lowest BCUT2D eigenvalue weighted by Crippen LogP contribution is -2.37. The highest BCUT2D eigenvalue weighted by Gasteiger charge is 2.23. The Bertz CT molecular complexity index is 992. The van der Waals surface area contributed by atoms with Crippen molar-refractivity contribution in [2.24, 2.45) is 0 Å². The van der Waals surface area contributed by atoms with Gasteiger partial charge in [-0.05, 0) is 35.2 Å². The van der Waals surface area contributed by atoms with Gasteiger partial charge in [0, 0.05) is 0 Å². The SMILES string of the molecule is COC(=O)c1ccccc1NC(=O)CN(c1ccc(C(C)(C)C)cc1)S(C)(=O)=O. The third-order valence-corrected chi connectivity index (χ3v) is 5.46. The summed E-state index contributed by atoms with van der Waals surface area (Å²) in [5.74, 6) is -1.18. The van der Waals surface area contributed by atoms with Crippen LogP contribution in [0.4, 0.5) is 11.4 Å². The molecule has 0 saturated heterocycles. The van der Waals surface area contributed by atoms with E-state index in [9.17, 15) is 18.0 Å². The number of hydrogen-bond donors (Lipinski definition) is 1. The zero-order valence-electron chi connectivity index (χ0n) is 17.2. The molecule has 1 amide bonds. The van der Waals surface area contributed by atoms with Gasteiger partial charge in [0.05, 0.1) is 30.3 Å². The summed E-state index contributed by atoms with van der Waals surface area (Å²) in [6.07, 6.45) is 1.04. The first-order valence-electron chi connectivity index (χ1n) is 8.99. The summed E-state index contributed by atoms with van der Waals surface area (Å²) in [5, 5.41) is 2.59. The van der Waals surface area contributed by atoms with Crippen LogP contribution in [0.3, 0.4) is 0 Å². The first-order chi connectivity index (χ1) is 13.4. The van der Waals surface area contributed by atoms with Crippen molar-refractivity contribution in [3.8, 4) is 0 Å². The highest BCUT2D eigenvalue weighted by atomic mass is 32.2. The first-order valence-corrected chi connectivity index (χ1v) is 10.8. The van der Waals surface area contributed by atoms with Crippen LogP contribution >= 0.6 is 0 Å². The van der Waals surface area contributed by atoms with Crippen LogP contribution in [0.25, 0.3) is 0 Å². The van der Waals surface area contributed by atoms with Gasteiger partial charge in [-0.1, -0.05) is 45.0 Å². The first kappa shape index (κ1) is 22.4. The number of nitrogens with one attached hydrogen (secondary N) is 1. The Hall–Kier alpha value is -2.87. The average molecular weight is 419 g/mol. The van der Waals surface area contributed by atoms with E-state index in [4.69, 9.17) is 4.74 Å². The van der Waals surface area contributed by atoms with E-state index in [1.165, 1.54) is 13.2 Å². The van der Waals surface area contributed by atoms with Gasteiger partial charge in [0.25, 0.3) is 0 Å². The Morgan fingerprint density at radius 1 is 1.03 bits per heavy atom. The molecule has 8 heteroatoms. The van der Waals surface area contributed by atoms with Crippen LogP contribution in [0, 0.1) is 0 Å². The van der Waals surface area contributed by atoms with Crippen LogP contribution in [0.1, 0.15) is 36.7 Å². The number of nitrogens with zero attached hydrogens (tertiary/aromatic N) is 1. The van der Waals surface area contributed by atoms with Gasteiger partial charge >= 0.3 is 5.97 Å². The van der Waals surface area contributed by atoms with E-state index in [2.05, 4.69) is 26.1 Å². The minimum Gasteiger partial charge on any atom is -0.465 e. The molecule has 29 heavy (non-hydrogen) atoms. The molecule has 0 bridgehead atoms. The van der Waals surface area contributed by atoms with Crippen molar-refractivity contribution < 1.29 is 22.7 Å². The molecule has 0 radical (unpaired) electrons. The second-order valence-corrected chi connectivity index (χ2v) is 9.56. The molecule has 7 nitrogen and oxygen atoms in total. The summed E-state index contributed by atoms with van der Waals surface area (Å²) in [5.41, 5.74) is 1.79. The molecule has 0 aliphatic rings. The summed E-state index contributed by atoms with van der Waals surface area (Å²) in [4.78, 5) is 24.4. The molecule has 156 valence electrons. The summed E-state index contributed by atoms with van der Waals surface area (Å²) < 4.78 is 30.3. The molecular weight excluding hydrogens is 392 g/mol. The van der Waals surface area contributed by atoms with E-state index in [0.29, 0.717) is 5.69 Å². The predicted octanol–water partition coefficient (Wildman–Crippen LogP) is 3.18. The molecule has 2 rings (SSSR count). The lowest BCUT2D eigenvalue weighted by atomic mass is 9.87. The molecule has 0 unspecified atom stereocenters. The maximum Gasteiger partial charge on any atom is 0.339 e. The molecule has 0 atom stereocenters. The van der Waals surface area contributed by atoms with Gasteiger partial charge in [-0.2, -0.15) is 0 Å². The van der Waals surface area contributed by atoms with E-state index < -0.39 is 28.4 Å². The van der Waals surface area contributed by atoms with Gasteiger partial charge in [0.2, 0.25) is 15.9 Å². The van der Waals surface area contributed by atoms with Crippen molar-refractivity contribution in [1.82, 2.24) is 0 Å². The zero-order valence-corrected chi connectivity index (χ0v) is 18.0. The zero-order chi connectivity index (χ0) is 21.8. The molecule has 0 heterocycles. The molecule has 0 saturated carbocycles. The average Bonchev–Trinajstić information content (AvgIpc) is 2.64. The standard InChI is InChI=1S/C21H26N2O5S/c1-21(2,3)15-10-12-16(13-11-15)23(29(5,26)27)14-19(24)22-18-9-7-6-8-17(18)20(25)28-4/h6-13H,14H2,1-5H3,(H,22,24). The van der Waals surface area contributed by atoms with Gasteiger partial charge < -0.3 is 10.1 Å². The van der Waals surface area contributed by atoms with Crippen LogP contribution in [0.5, 0.6) is 0 Å². The minimum atomic E-state index is -3.70.